The van der Waals surface area contributed by atoms with Crippen LogP contribution in [0.3, 0.4) is 0 Å². The minimum atomic E-state index is -0.385. The third-order valence-corrected chi connectivity index (χ3v) is 7.68. The van der Waals surface area contributed by atoms with Crippen molar-refractivity contribution in [1.82, 2.24) is 29.3 Å². The molecule has 1 unspecified atom stereocenters. The Bertz CT molecular complexity index is 1440. The summed E-state index contributed by atoms with van der Waals surface area (Å²) in [6.45, 7) is 4.20. The molecule has 0 N–H and O–H groups in total. The number of rotatable bonds is 6. The quantitative estimate of drug-likeness (QED) is 0.383. The van der Waals surface area contributed by atoms with Crippen molar-refractivity contribution in [2.24, 2.45) is 0 Å². The first-order chi connectivity index (χ1) is 17.1. The molecule has 2 aliphatic carbocycles. The first-order valence-electron chi connectivity index (χ1n) is 12.4. The third kappa shape index (κ3) is 3.08. The van der Waals surface area contributed by atoms with Crippen molar-refractivity contribution in [2.45, 2.75) is 63.1 Å². The van der Waals surface area contributed by atoms with Crippen molar-refractivity contribution >= 4 is 12.1 Å². The van der Waals surface area contributed by atoms with E-state index in [1.54, 1.807) is 6.33 Å². The van der Waals surface area contributed by atoms with Crippen LogP contribution in [0.5, 0.6) is 0 Å². The number of pyridine rings is 1. The van der Waals surface area contributed by atoms with Crippen molar-refractivity contribution in [2.75, 3.05) is 4.90 Å². The summed E-state index contributed by atoms with van der Waals surface area (Å²) in [4.78, 5) is 24.4. The van der Waals surface area contributed by atoms with E-state index in [1.165, 1.54) is 18.4 Å². The molecular formula is C27H27N7O. The molecule has 0 radical (unpaired) electrons. The van der Waals surface area contributed by atoms with Crippen LogP contribution in [0, 0.1) is 0 Å². The van der Waals surface area contributed by atoms with E-state index < -0.39 is 0 Å². The lowest BCUT2D eigenvalue weighted by atomic mass is 10.00. The first-order valence-corrected chi connectivity index (χ1v) is 12.4. The molecule has 0 amide bonds. The van der Waals surface area contributed by atoms with E-state index in [1.807, 2.05) is 29.1 Å². The summed E-state index contributed by atoms with van der Waals surface area (Å²) in [7, 11) is 0. The molecule has 1 aliphatic heterocycles. The zero-order valence-electron chi connectivity index (χ0n) is 19.9. The molecule has 1 spiro atoms. The monoisotopic (exact) mass is 465 g/mol. The molecule has 35 heavy (non-hydrogen) atoms. The largest absolute Gasteiger partial charge is 0.333 e. The van der Waals surface area contributed by atoms with Crippen molar-refractivity contribution in [3.05, 3.63) is 72.1 Å². The second-order valence-corrected chi connectivity index (χ2v) is 10.3. The summed E-state index contributed by atoms with van der Waals surface area (Å²) in [5.74, 6) is 2.14. The average Bonchev–Trinajstić information content (AvgIpc) is 3.73. The van der Waals surface area contributed by atoms with Crippen LogP contribution in [0.15, 0.2) is 55.2 Å². The highest BCUT2D eigenvalue weighted by Gasteiger charge is 2.58. The van der Waals surface area contributed by atoms with E-state index in [-0.39, 0.29) is 17.6 Å². The Morgan fingerprint density at radius 1 is 1.11 bits per heavy atom. The van der Waals surface area contributed by atoms with Gasteiger partial charge in [-0.3, -0.25) is 0 Å². The standard InChI is InChI=1S/C27H27N7O/c1-17(2)33-16-29-31-26(33)22-4-3-5-25(30-22)34-24(14-35)20-12-19(8-9-21(20)27(34)10-11-27)32-13-23(28-15-32)18-6-7-18/h3-5,8-9,12-18,24H,6-7,10-11H2,1-2H3. The summed E-state index contributed by atoms with van der Waals surface area (Å²) in [5, 5.41) is 8.43. The fourth-order valence-corrected chi connectivity index (χ4v) is 5.59. The number of aldehydes is 1. The molecule has 1 atom stereocenters. The minimum absolute atomic E-state index is 0.176. The SMILES string of the molecule is CC(C)n1cnnc1-c1cccc(N2C(C=O)c3cc(-n4cnc(C5CC5)c4)ccc3C23CC3)n1. The predicted molar refractivity (Wildman–Crippen MR) is 131 cm³/mol. The zero-order chi connectivity index (χ0) is 23.7. The van der Waals surface area contributed by atoms with Crippen LogP contribution in [0.1, 0.15) is 74.4 Å². The number of benzene rings is 1. The van der Waals surface area contributed by atoms with E-state index in [0.717, 1.165) is 53.4 Å². The van der Waals surface area contributed by atoms with Crippen LogP contribution in [-0.2, 0) is 10.3 Å². The van der Waals surface area contributed by atoms with Crippen LogP contribution < -0.4 is 4.90 Å². The zero-order valence-corrected chi connectivity index (χ0v) is 19.9. The van der Waals surface area contributed by atoms with Gasteiger partial charge < -0.3 is 18.8 Å². The van der Waals surface area contributed by atoms with E-state index >= 15 is 0 Å². The number of anilines is 1. The van der Waals surface area contributed by atoms with Gasteiger partial charge in [0.15, 0.2) is 5.82 Å². The van der Waals surface area contributed by atoms with Crippen molar-refractivity contribution in [3.63, 3.8) is 0 Å². The first kappa shape index (κ1) is 20.6. The van der Waals surface area contributed by atoms with E-state index in [0.29, 0.717) is 5.92 Å². The van der Waals surface area contributed by atoms with Gasteiger partial charge in [0.1, 0.15) is 30.2 Å². The summed E-state index contributed by atoms with van der Waals surface area (Å²) < 4.78 is 4.10. The lowest BCUT2D eigenvalue weighted by Gasteiger charge is -2.30. The molecule has 1 aromatic carbocycles. The summed E-state index contributed by atoms with van der Waals surface area (Å²) >= 11 is 0. The van der Waals surface area contributed by atoms with Gasteiger partial charge in [0.25, 0.3) is 0 Å². The Balaban J connectivity index is 1.29. The van der Waals surface area contributed by atoms with Gasteiger partial charge in [-0.1, -0.05) is 12.1 Å². The Morgan fingerprint density at radius 3 is 2.71 bits per heavy atom. The van der Waals surface area contributed by atoms with Gasteiger partial charge in [-0.2, -0.15) is 0 Å². The highest BCUT2D eigenvalue weighted by molar-refractivity contribution is 5.77. The molecular weight excluding hydrogens is 438 g/mol. The van der Waals surface area contributed by atoms with Crippen molar-refractivity contribution in [1.29, 1.82) is 0 Å². The fraction of sp³-hybridized carbons (Fsp3) is 0.370. The van der Waals surface area contributed by atoms with Gasteiger partial charge in [-0.25, -0.2) is 9.97 Å². The third-order valence-electron chi connectivity index (χ3n) is 7.68. The number of nitrogens with zero attached hydrogens (tertiary/aromatic N) is 7. The molecule has 3 aromatic heterocycles. The van der Waals surface area contributed by atoms with E-state index in [4.69, 9.17) is 4.98 Å². The molecule has 4 aromatic rings. The smallest absolute Gasteiger partial charge is 0.182 e. The summed E-state index contributed by atoms with van der Waals surface area (Å²) in [5.41, 5.74) is 5.09. The maximum Gasteiger partial charge on any atom is 0.182 e. The lowest BCUT2D eigenvalue weighted by Crippen LogP contribution is -2.33. The molecule has 2 fully saturated rings. The lowest BCUT2D eigenvalue weighted by molar-refractivity contribution is -0.109. The van der Waals surface area contributed by atoms with Gasteiger partial charge >= 0.3 is 0 Å². The fourth-order valence-electron chi connectivity index (χ4n) is 5.59. The number of carbonyl (C=O) groups excluding carboxylic acids is 1. The van der Waals surface area contributed by atoms with Gasteiger partial charge in [0.05, 0.1) is 17.6 Å². The van der Waals surface area contributed by atoms with E-state index in [2.05, 4.69) is 62.9 Å². The molecule has 0 bridgehead atoms. The normalized spacial score (nSPS) is 20.0. The topological polar surface area (TPSA) is 81.7 Å². The minimum Gasteiger partial charge on any atom is -0.333 e. The molecule has 3 aliphatic rings. The van der Waals surface area contributed by atoms with Crippen molar-refractivity contribution < 1.29 is 4.79 Å². The van der Waals surface area contributed by atoms with Gasteiger partial charge in [-0.15, -0.1) is 10.2 Å². The summed E-state index contributed by atoms with van der Waals surface area (Å²) in [6, 6.07) is 12.3. The molecule has 8 nitrogen and oxygen atoms in total. The Hall–Kier alpha value is -3.81. The number of fused-ring (bicyclic) bond motifs is 2. The molecule has 8 heteroatoms. The van der Waals surface area contributed by atoms with Crippen LogP contribution >= 0.6 is 0 Å². The second kappa shape index (κ2) is 7.34. The Kier molecular flexibility index (Phi) is 4.31. The molecule has 0 saturated heterocycles. The van der Waals surface area contributed by atoms with Crippen molar-refractivity contribution in [3.8, 4) is 17.2 Å². The molecule has 4 heterocycles. The van der Waals surface area contributed by atoms with Crippen LogP contribution in [0.25, 0.3) is 17.2 Å². The van der Waals surface area contributed by atoms with Crippen LogP contribution in [0.4, 0.5) is 5.82 Å². The molecule has 176 valence electrons. The maximum absolute atomic E-state index is 12.6. The number of carbonyl (C=O) groups is 1. The second-order valence-electron chi connectivity index (χ2n) is 10.3. The number of hydrogen-bond donors (Lipinski definition) is 0. The number of imidazole rings is 1. The number of hydrogen-bond acceptors (Lipinski definition) is 6. The predicted octanol–water partition coefficient (Wildman–Crippen LogP) is 4.73. The van der Waals surface area contributed by atoms with Gasteiger partial charge in [0.2, 0.25) is 0 Å². The Morgan fingerprint density at radius 2 is 1.97 bits per heavy atom. The highest BCUT2D eigenvalue weighted by atomic mass is 16.1. The molecule has 2 saturated carbocycles. The van der Waals surface area contributed by atoms with Gasteiger partial charge in [-0.05, 0) is 74.9 Å². The highest BCUT2D eigenvalue weighted by Crippen LogP contribution is 2.61. The number of aromatic nitrogens is 6. The van der Waals surface area contributed by atoms with E-state index in [9.17, 15) is 4.79 Å². The van der Waals surface area contributed by atoms with Gasteiger partial charge in [0, 0.05) is 23.8 Å². The summed E-state index contributed by atoms with van der Waals surface area (Å²) in [6.07, 6.45) is 11.3. The average molecular weight is 466 g/mol. The molecule has 7 rings (SSSR count). The Labute approximate surface area is 203 Å². The van der Waals surface area contributed by atoms with Crippen LogP contribution in [-0.4, -0.2) is 35.6 Å². The van der Waals surface area contributed by atoms with Crippen LogP contribution in [0.2, 0.25) is 0 Å². The maximum atomic E-state index is 12.6.